The predicted octanol–water partition coefficient (Wildman–Crippen LogP) is 5.20. The second-order valence-corrected chi connectivity index (χ2v) is 11.7. The van der Waals surface area contributed by atoms with Crippen molar-refractivity contribution in [3.8, 4) is 5.75 Å². The SMILES string of the molecule is C=CC(=O)Nc1cc(Nc2cc(N3OCC[C@@H]3c3cc(F)cc(F)c3)ncn2)c(OC)cc1N1CCC(N2CCOC[C@H]2C)CC1. The number of amides is 1. The first kappa shape index (κ1) is 31.6. The Morgan fingerprint density at radius 2 is 1.80 bits per heavy atom. The zero-order valence-corrected chi connectivity index (χ0v) is 26.0. The van der Waals surface area contributed by atoms with Crippen LogP contribution in [0, 0.1) is 11.6 Å². The van der Waals surface area contributed by atoms with Gasteiger partial charge in [0.05, 0.1) is 50.0 Å². The van der Waals surface area contributed by atoms with Crippen molar-refractivity contribution in [1.82, 2.24) is 14.9 Å². The Labute approximate surface area is 267 Å². The molecule has 1 amide bonds. The molecule has 2 N–H and O–H groups in total. The summed E-state index contributed by atoms with van der Waals surface area (Å²) < 4.78 is 39.4. The lowest BCUT2D eigenvalue weighted by Crippen LogP contribution is -2.53. The van der Waals surface area contributed by atoms with Crippen molar-refractivity contribution in [3.05, 3.63) is 72.6 Å². The number of methoxy groups -OCH3 is 1. The number of carbonyl (C=O) groups excluding carboxylic acids is 1. The smallest absolute Gasteiger partial charge is 0.247 e. The molecule has 0 unspecified atom stereocenters. The third kappa shape index (κ3) is 6.91. The molecule has 2 atom stereocenters. The molecular formula is C33H39F2N7O4. The molecule has 3 saturated heterocycles. The van der Waals surface area contributed by atoms with Gasteiger partial charge in [-0.1, -0.05) is 6.58 Å². The molecule has 1 aromatic heterocycles. The van der Waals surface area contributed by atoms with E-state index in [9.17, 15) is 13.6 Å². The highest BCUT2D eigenvalue weighted by atomic mass is 19.1. The highest BCUT2D eigenvalue weighted by Gasteiger charge is 2.32. The first-order chi connectivity index (χ1) is 22.3. The maximum absolute atomic E-state index is 14.0. The van der Waals surface area contributed by atoms with E-state index in [4.69, 9.17) is 14.3 Å². The molecule has 3 aliphatic heterocycles. The zero-order chi connectivity index (χ0) is 32.2. The van der Waals surface area contributed by atoms with Crippen LogP contribution >= 0.6 is 0 Å². The number of hydroxylamine groups is 1. The highest BCUT2D eigenvalue weighted by molar-refractivity contribution is 6.02. The lowest BCUT2D eigenvalue weighted by atomic mass is 10.00. The Morgan fingerprint density at radius 3 is 2.52 bits per heavy atom. The second-order valence-electron chi connectivity index (χ2n) is 11.7. The van der Waals surface area contributed by atoms with Gasteiger partial charge in [0.1, 0.15) is 29.5 Å². The largest absolute Gasteiger partial charge is 0.494 e. The fraction of sp³-hybridized carbons (Fsp3) is 0.424. The summed E-state index contributed by atoms with van der Waals surface area (Å²) in [5.41, 5.74) is 2.48. The lowest BCUT2D eigenvalue weighted by Gasteiger charge is -2.44. The van der Waals surface area contributed by atoms with Crippen molar-refractivity contribution >= 4 is 34.6 Å². The number of rotatable bonds is 9. The van der Waals surface area contributed by atoms with E-state index in [2.05, 4.69) is 43.9 Å². The van der Waals surface area contributed by atoms with Crippen LogP contribution in [-0.2, 0) is 14.4 Å². The Balaban J connectivity index is 1.24. The molecule has 2 aromatic carbocycles. The minimum absolute atomic E-state index is 0.329. The van der Waals surface area contributed by atoms with Gasteiger partial charge in [-0.15, -0.1) is 0 Å². The topological polar surface area (TPSA) is 104 Å². The Kier molecular flexibility index (Phi) is 9.61. The summed E-state index contributed by atoms with van der Waals surface area (Å²) in [5, 5.41) is 7.79. The zero-order valence-electron chi connectivity index (χ0n) is 26.0. The fourth-order valence-electron chi connectivity index (χ4n) is 6.54. The van der Waals surface area contributed by atoms with Gasteiger partial charge < -0.3 is 25.0 Å². The van der Waals surface area contributed by atoms with E-state index in [-0.39, 0.29) is 5.91 Å². The second kappa shape index (κ2) is 14.0. The van der Waals surface area contributed by atoms with Crippen LogP contribution in [0.15, 0.2) is 55.4 Å². The molecule has 0 bridgehead atoms. The standard InChI is InChI=1S/C33H39F2N7O4/c1-4-33(43)39-26-16-27(30(44-3)17-29(26)40-8-5-25(6-9-40)41-10-12-45-19-21(41)2)38-31-18-32(37-20-36-31)42-28(7-11-46-42)22-13-23(34)15-24(35)14-22/h4,13-18,20-21,25,28H,1,5-12,19H2,2-3H3,(H,39,43)(H,36,37,38)/t21-,28-/m1/s1. The van der Waals surface area contributed by atoms with Crippen molar-refractivity contribution < 1.29 is 27.9 Å². The van der Waals surface area contributed by atoms with E-state index >= 15 is 0 Å². The van der Waals surface area contributed by atoms with E-state index in [0.29, 0.717) is 59.4 Å². The number of morpholine rings is 1. The number of hydrogen-bond donors (Lipinski definition) is 2. The maximum Gasteiger partial charge on any atom is 0.247 e. The first-order valence-electron chi connectivity index (χ1n) is 15.5. The molecule has 0 aliphatic carbocycles. The van der Waals surface area contributed by atoms with Gasteiger partial charge in [-0.05, 0) is 49.6 Å². The molecule has 3 fully saturated rings. The van der Waals surface area contributed by atoms with E-state index in [1.165, 1.54) is 24.5 Å². The molecule has 11 nitrogen and oxygen atoms in total. The molecule has 3 aromatic rings. The minimum atomic E-state index is -0.655. The number of piperidine rings is 1. The van der Waals surface area contributed by atoms with E-state index < -0.39 is 17.7 Å². The number of benzene rings is 2. The Morgan fingerprint density at radius 1 is 1.02 bits per heavy atom. The molecule has 0 saturated carbocycles. The number of hydrogen-bond acceptors (Lipinski definition) is 10. The van der Waals surface area contributed by atoms with Crippen molar-refractivity contribution in [3.63, 3.8) is 0 Å². The number of ether oxygens (including phenoxy) is 2. The van der Waals surface area contributed by atoms with Crippen LogP contribution in [0.3, 0.4) is 0 Å². The average molecular weight is 636 g/mol. The van der Waals surface area contributed by atoms with Gasteiger partial charge in [-0.25, -0.2) is 23.8 Å². The number of aromatic nitrogens is 2. The Hall–Kier alpha value is -4.33. The lowest BCUT2D eigenvalue weighted by molar-refractivity contribution is -0.111. The van der Waals surface area contributed by atoms with Crippen LogP contribution in [0.1, 0.15) is 37.8 Å². The summed E-state index contributed by atoms with van der Waals surface area (Å²) in [6.45, 7) is 10.3. The van der Waals surface area contributed by atoms with Crippen molar-refractivity contribution in [2.45, 2.75) is 44.3 Å². The van der Waals surface area contributed by atoms with Gasteiger partial charge >= 0.3 is 0 Å². The molecule has 0 spiro atoms. The number of nitrogens with one attached hydrogen (secondary N) is 2. The van der Waals surface area contributed by atoms with E-state index in [0.717, 1.165) is 57.4 Å². The number of halogens is 2. The van der Waals surface area contributed by atoms with Crippen LogP contribution < -0.4 is 25.3 Å². The summed E-state index contributed by atoms with van der Waals surface area (Å²) >= 11 is 0. The summed E-state index contributed by atoms with van der Waals surface area (Å²) in [5.74, 6) is -0.239. The minimum Gasteiger partial charge on any atom is -0.494 e. The van der Waals surface area contributed by atoms with Crippen molar-refractivity contribution in [2.75, 3.05) is 67.2 Å². The van der Waals surface area contributed by atoms with Gasteiger partial charge in [0.25, 0.3) is 0 Å². The predicted molar refractivity (Wildman–Crippen MR) is 172 cm³/mol. The highest BCUT2D eigenvalue weighted by Crippen LogP contribution is 2.41. The van der Waals surface area contributed by atoms with E-state index in [1.54, 1.807) is 18.2 Å². The monoisotopic (exact) mass is 635 g/mol. The molecule has 13 heteroatoms. The van der Waals surface area contributed by atoms with Crippen LogP contribution in [0.2, 0.25) is 0 Å². The molecule has 3 aliphatic rings. The van der Waals surface area contributed by atoms with Gasteiger partial charge in [0.15, 0.2) is 5.82 Å². The normalized spacial score (nSPS) is 20.9. The average Bonchev–Trinajstić information content (AvgIpc) is 3.55. The van der Waals surface area contributed by atoms with Gasteiger partial charge in [0, 0.05) is 56.3 Å². The summed E-state index contributed by atoms with van der Waals surface area (Å²) in [7, 11) is 1.59. The van der Waals surface area contributed by atoms with E-state index in [1.807, 2.05) is 12.1 Å². The number of anilines is 5. The molecule has 6 rings (SSSR count). The van der Waals surface area contributed by atoms with Gasteiger partial charge in [-0.3, -0.25) is 14.5 Å². The molecule has 46 heavy (non-hydrogen) atoms. The number of nitrogens with zero attached hydrogens (tertiary/aromatic N) is 5. The van der Waals surface area contributed by atoms with Gasteiger partial charge in [0.2, 0.25) is 5.91 Å². The molecular weight excluding hydrogens is 596 g/mol. The van der Waals surface area contributed by atoms with Crippen LogP contribution in [0.25, 0.3) is 0 Å². The van der Waals surface area contributed by atoms with Crippen LogP contribution in [-0.4, -0.2) is 79.4 Å². The van der Waals surface area contributed by atoms with Crippen molar-refractivity contribution in [2.24, 2.45) is 0 Å². The van der Waals surface area contributed by atoms with Gasteiger partial charge in [-0.2, -0.15) is 0 Å². The maximum atomic E-state index is 14.0. The quantitative estimate of drug-likeness (QED) is 0.305. The summed E-state index contributed by atoms with van der Waals surface area (Å²) in [4.78, 5) is 31.9. The third-order valence-electron chi connectivity index (χ3n) is 8.77. The molecule has 244 valence electrons. The van der Waals surface area contributed by atoms with Crippen LogP contribution in [0.5, 0.6) is 5.75 Å². The first-order valence-corrected chi connectivity index (χ1v) is 15.5. The summed E-state index contributed by atoms with van der Waals surface area (Å²) in [6, 6.07) is 9.30. The van der Waals surface area contributed by atoms with Crippen molar-refractivity contribution in [1.29, 1.82) is 0 Å². The fourth-order valence-corrected chi connectivity index (χ4v) is 6.54. The summed E-state index contributed by atoms with van der Waals surface area (Å²) in [6.07, 6.45) is 5.13. The molecule has 0 radical (unpaired) electrons. The third-order valence-corrected chi connectivity index (χ3v) is 8.77. The Bertz CT molecular complexity index is 1550. The van der Waals surface area contributed by atoms with Crippen LogP contribution in [0.4, 0.5) is 37.5 Å². The number of carbonyl (C=O) groups is 1. The molecule has 4 heterocycles.